The molecule has 3 rings (SSSR count). The second-order valence-corrected chi connectivity index (χ2v) is 7.66. The summed E-state index contributed by atoms with van der Waals surface area (Å²) >= 11 is 0. The van der Waals surface area contributed by atoms with E-state index in [9.17, 15) is 9.18 Å². The number of carbonyl (C=O) groups is 1. The van der Waals surface area contributed by atoms with E-state index >= 15 is 0 Å². The fourth-order valence-corrected chi connectivity index (χ4v) is 4.78. The molecule has 3 fully saturated rings. The monoisotopic (exact) mass is 320 g/mol. The van der Waals surface area contributed by atoms with Crippen LogP contribution in [0.1, 0.15) is 40.5 Å². The van der Waals surface area contributed by atoms with Crippen molar-refractivity contribution in [2.45, 2.75) is 56.8 Å². The van der Waals surface area contributed by atoms with Gasteiger partial charge in [-0.1, -0.05) is 0 Å². The Balaban J connectivity index is 0.00000208. The smallest absolute Gasteiger partial charge is 0.237 e. The van der Waals surface area contributed by atoms with Crippen LogP contribution in [0.3, 0.4) is 0 Å². The summed E-state index contributed by atoms with van der Waals surface area (Å²) in [6, 6.07) is 3.76. The molecule has 6 atom stereocenters. The molecule has 3 aliphatic rings. The maximum atomic E-state index is 13.4. The SMILES string of the molecule is CC1(NCC(=O)N2C[C@@H](F)C[C@H]2C#N)C[C@H]2CC(C#N)C[C@H]2C1.[HH]. The third-order valence-corrected chi connectivity index (χ3v) is 5.83. The summed E-state index contributed by atoms with van der Waals surface area (Å²) in [5, 5.41) is 21.4. The summed E-state index contributed by atoms with van der Waals surface area (Å²) in [7, 11) is 0. The zero-order valence-corrected chi connectivity index (χ0v) is 13.5. The van der Waals surface area contributed by atoms with E-state index in [1.54, 1.807) is 0 Å². The summed E-state index contributed by atoms with van der Waals surface area (Å²) in [4.78, 5) is 13.7. The van der Waals surface area contributed by atoms with Crippen molar-refractivity contribution in [1.29, 1.82) is 10.5 Å². The Bertz CT molecular complexity index is 558. The van der Waals surface area contributed by atoms with E-state index < -0.39 is 12.2 Å². The second kappa shape index (κ2) is 6.09. The Morgan fingerprint density at radius 3 is 2.52 bits per heavy atom. The zero-order valence-electron chi connectivity index (χ0n) is 13.5. The molecule has 2 saturated carbocycles. The van der Waals surface area contributed by atoms with Crippen LogP contribution in [0, 0.1) is 40.4 Å². The van der Waals surface area contributed by atoms with E-state index in [2.05, 4.69) is 18.3 Å². The van der Waals surface area contributed by atoms with E-state index in [1.807, 2.05) is 6.07 Å². The van der Waals surface area contributed by atoms with Gasteiger partial charge in [-0.15, -0.1) is 0 Å². The summed E-state index contributed by atoms with van der Waals surface area (Å²) in [6.07, 6.45) is 2.94. The van der Waals surface area contributed by atoms with Crippen molar-refractivity contribution in [1.82, 2.24) is 10.2 Å². The number of nitriles is 2. The van der Waals surface area contributed by atoms with Crippen molar-refractivity contribution in [3.05, 3.63) is 0 Å². The number of carbonyl (C=O) groups excluding carboxylic acids is 1. The number of amides is 1. The number of fused-ring (bicyclic) bond motifs is 1. The maximum absolute atomic E-state index is 13.4. The molecule has 5 nitrogen and oxygen atoms in total. The van der Waals surface area contributed by atoms with Gasteiger partial charge in [-0.25, -0.2) is 4.39 Å². The Hall–Kier alpha value is -1.66. The van der Waals surface area contributed by atoms with E-state index in [-0.39, 0.29) is 38.3 Å². The van der Waals surface area contributed by atoms with Gasteiger partial charge in [0.05, 0.1) is 25.2 Å². The molecule has 6 heteroatoms. The first-order chi connectivity index (χ1) is 10.9. The summed E-state index contributed by atoms with van der Waals surface area (Å²) < 4.78 is 13.4. The van der Waals surface area contributed by atoms with Gasteiger partial charge in [-0.05, 0) is 44.4 Å². The minimum atomic E-state index is -1.09. The molecule has 0 bridgehead atoms. The minimum Gasteiger partial charge on any atom is -0.323 e. The molecule has 0 aromatic heterocycles. The van der Waals surface area contributed by atoms with Gasteiger partial charge in [-0.2, -0.15) is 10.5 Å². The van der Waals surface area contributed by atoms with Gasteiger partial charge in [0.25, 0.3) is 0 Å². The molecule has 0 radical (unpaired) electrons. The molecule has 1 N–H and O–H groups in total. The normalized spacial score (nSPS) is 42.3. The lowest BCUT2D eigenvalue weighted by Crippen LogP contribution is -2.48. The lowest BCUT2D eigenvalue weighted by atomic mass is 9.93. The molecule has 126 valence electrons. The molecular weight excluding hydrogens is 295 g/mol. The number of hydrogen-bond acceptors (Lipinski definition) is 4. The molecule has 1 heterocycles. The van der Waals surface area contributed by atoms with Gasteiger partial charge in [0.2, 0.25) is 5.91 Å². The average Bonchev–Trinajstić information content (AvgIpc) is 3.15. The van der Waals surface area contributed by atoms with Crippen LogP contribution in [-0.2, 0) is 4.79 Å². The van der Waals surface area contributed by atoms with E-state index in [4.69, 9.17) is 10.5 Å². The largest absolute Gasteiger partial charge is 0.323 e. The second-order valence-electron chi connectivity index (χ2n) is 7.66. The summed E-state index contributed by atoms with van der Waals surface area (Å²) in [5.74, 6) is 1.14. The highest BCUT2D eigenvalue weighted by Crippen LogP contribution is 2.50. The van der Waals surface area contributed by atoms with Gasteiger partial charge >= 0.3 is 0 Å². The Morgan fingerprint density at radius 1 is 1.30 bits per heavy atom. The number of nitrogens with zero attached hydrogens (tertiary/aromatic N) is 3. The average molecular weight is 320 g/mol. The lowest BCUT2D eigenvalue weighted by Gasteiger charge is -2.29. The van der Waals surface area contributed by atoms with Gasteiger partial charge in [0.1, 0.15) is 12.2 Å². The molecule has 0 aromatic rings. The van der Waals surface area contributed by atoms with Crippen molar-refractivity contribution in [3.63, 3.8) is 0 Å². The number of alkyl halides is 1. The van der Waals surface area contributed by atoms with Crippen LogP contribution in [0.15, 0.2) is 0 Å². The van der Waals surface area contributed by atoms with Crippen LogP contribution in [0.25, 0.3) is 0 Å². The molecule has 1 aliphatic heterocycles. The molecule has 1 saturated heterocycles. The highest BCUT2D eigenvalue weighted by Gasteiger charge is 2.47. The Morgan fingerprint density at radius 2 is 1.96 bits per heavy atom. The van der Waals surface area contributed by atoms with Gasteiger partial charge in [0, 0.05) is 19.3 Å². The van der Waals surface area contributed by atoms with E-state index in [0.29, 0.717) is 11.8 Å². The first kappa shape index (κ1) is 16.2. The van der Waals surface area contributed by atoms with Crippen molar-refractivity contribution >= 4 is 5.91 Å². The van der Waals surface area contributed by atoms with Crippen LogP contribution >= 0.6 is 0 Å². The predicted octanol–water partition coefficient (Wildman–Crippen LogP) is 2.00. The summed E-state index contributed by atoms with van der Waals surface area (Å²) in [6.45, 7) is 2.32. The standard InChI is InChI=1S/C17H23FN4O.H2/c1-17(5-12-2-11(7-19)3-13(12)6-17)21-9-16(23)22-10-14(18)4-15(22)8-20;/h11-15,21H,2-6,9-10H2,1H3;1H/t11?,12-,13+,14-,15-,17?;/m0./s1. The fraction of sp³-hybridized carbons (Fsp3) is 0.824. The first-order valence-electron chi connectivity index (χ1n) is 8.42. The van der Waals surface area contributed by atoms with E-state index in [1.165, 1.54) is 4.90 Å². The molecule has 1 amide bonds. The number of likely N-dealkylation sites (tertiary alicyclic amines) is 1. The number of hydrogen-bond donors (Lipinski definition) is 1. The van der Waals surface area contributed by atoms with Crippen molar-refractivity contribution in [3.8, 4) is 12.1 Å². The molecule has 0 spiro atoms. The third-order valence-electron chi connectivity index (χ3n) is 5.83. The van der Waals surface area contributed by atoms with Crippen LogP contribution in [0.5, 0.6) is 0 Å². The van der Waals surface area contributed by atoms with Crippen LogP contribution < -0.4 is 5.32 Å². The zero-order chi connectivity index (χ0) is 16.6. The highest BCUT2D eigenvalue weighted by molar-refractivity contribution is 5.79. The summed E-state index contributed by atoms with van der Waals surface area (Å²) in [5.41, 5.74) is -0.0948. The van der Waals surface area contributed by atoms with Crippen molar-refractivity contribution in [2.24, 2.45) is 17.8 Å². The van der Waals surface area contributed by atoms with Crippen molar-refractivity contribution in [2.75, 3.05) is 13.1 Å². The molecule has 0 aromatic carbocycles. The van der Waals surface area contributed by atoms with E-state index in [0.717, 1.165) is 25.7 Å². The molecule has 2 aliphatic carbocycles. The maximum Gasteiger partial charge on any atom is 0.237 e. The van der Waals surface area contributed by atoms with Gasteiger partial charge in [0.15, 0.2) is 0 Å². The minimum absolute atomic E-state index is 0. The number of nitrogens with one attached hydrogen (secondary N) is 1. The first-order valence-corrected chi connectivity index (χ1v) is 8.42. The molecule has 2 unspecified atom stereocenters. The fourth-order valence-electron chi connectivity index (χ4n) is 4.78. The van der Waals surface area contributed by atoms with Crippen LogP contribution in [0.4, 0.5) is 4.39 Å². The van der Waals surface area contributed by atoms with Gasteiger partial charge in [-0.3, -0.25) is 4.79 Å². The molecular formula is C17H25FN4O. The number of halogens is 1. The molecule has 23 heavy (non-hydrogen) atoms. The van der Waals surface area contributed by atoms with Crippen LogP contribution in [0.2, 0.25) is 0 Å². The van der Waals surface area contributed by atoms with Gasteiger partial charge < -0.3 is 10.2 Å². The predicted molar refractivity (Wildman–Crippen MR) is 83.7 cm³/mol. The third kappa shape index (κ3) is 3.19. The Kier molecular flexibility index (Phi) is 4.29. The topological polar surface area (TPSA) is 79.9 Å². The lowest BCUT2D eigenvalue weighted by molar-refractivity contribution is -0.130. The Labute approximate surface area is 137 Å². The number of rotatable bonds is 3. The van der Waals surface area contributed by atoms with Crippen LogP contribution in [-0.4, -0.2) is 41.6 Å². The quantitative estimate of drug-likeness (QED) is 0.862. The highest BCUT2D eigenvalue weighted by atomic mass is 19.1. The van der Waals surface area contributed by atoms with Crippen molar-refractivity contribution < 1.29 is 10.6 Å².